The number of pyridine rings is 1. The van der Waals surface area contributed by atoms with Crippen LogP contribution in [0, 0.1) is 6.92 Å². The molecule has 0 amide bonds. The largest absolute Gasteiger partial charge is 0.382 e. The summed E-state index contributed by atoms with van der Waals surface area (Å²) in [7, 11) is 2.10. The molecule has 0 bridgehead atoms. The number of hydrogen-bond donors (Lipinski definition) is 2. The number of nitrogens with one attached hydrogen (secondary N) is 1. The molecule has 0 spiro atoms. The quantitative estimate of drug-likeness (QED) is 0.337. The first-order valence-electron chi connectivity index (χ1n) is 12.3. The molecule has 37 heavy (non-hydrogen) atoms. The van der Waals surface area contributed by atoms with Crippen molar-refractivity contribution < 1.29 is 0 Å². The van der Waals surface area contributed by atoms with E-state index in [2.05, 4.69) is 80.4 Å². The molecule has 3 N–H and O–H groups in total. The van der Waals surface area contributed by atoms with Crippen molar-refractivity contribution in [2.45, 2.75) is 42.5 Å². The van der Waals surface area contributed by atoms with Crippen LogP contribution in [0.2, 0.25) is 0 Å². The van der Waals surface area contributed by atoms with Crippen LogP contribution < -0.4 is 16.3 Å². The summed E-state index contributed by atoms with van der Waals surface area (Å²) >= 11 is 1.78. The number of aromatic amines is 1. The predicted octanol–water partition coefficient (Wildman–Crippen LogP) is 4.86. The van der Waals surface area contributed by atoms with Gasteiger partial charge in [-0.05, 0) is 79.3 Å². The first-order valence-corrected chi connectivity index (χ1v) is 13.1. The lowest BCUT2D eigenvalue weighted by Gasteiger charge is -2.30. The first-order chi connectivity index (χ1) is 18.0. The molecule has 0 unspecified atom stereocenters. The Morgan fingerprint density at radius 1 is 0.919 bits per heavy atom. The minimum absolute atomic E-state index is 0.245. The summed E-state index contributed by atoms with van der Waals surface area (Å²) in [6.45, 7) is 2.17. The van der Waals surface area contributed by atoms with E-state index in [1.165, 1.54) is 26.6 Å². The number of hydrogen-bond acceptors (Lipinski definition) is 7. The third-order valence-electron chi connectivity index (χ3n) is 6.77. The van der Waals surface area contributed by atoms with Crippen LogP contribution in [0.4, 0.5) is 17.2 Å². The number of nitrogens with two attached hydrogens (primary N) is 1. The van der Waals surface area contributed by atoms with Crippen molar-refractivity contribution in [1.29, 1.82) is 0 Å². The molecule has 186 valence electrons. The van der Waals surface area contributed by atoms with Crippen molar-refractivity contribution >= 4 is 40.1 Å². The van der Waals surface area contributed by atoms with E-state index in [9.17, 15) is 4.79 Å². The van der Waals surface area contributed by atoms with E-state index in [1.54, 1.807) is 23.3 Å². The SMILES string of the molecule is Cc1nc(N)c2[nH]c(=O)n(Cc3ccc4c(c3)Sc3cc(CCCc5ccncc5)ccc3N4C)c2n1. The molecule has 0 saturated carbocycles. The second kappa shape index (κ2) is 9.40. The normalized spacial score (nSPS) is 12.5. The number of anilines is 3. The minimum Gasteiger partial charge on any atom is -0.382 e. The number of rotatable bonds is 6. The van der Waals surface area contributed by atoms with Gasteiger partial charge in [0.05, 0.1) is 17.9 Å². The highest BCUT2D eigenvalue weighted by Crippen LogP contribution is 2.48. The Morgan fingerprint density at radius 3 is 2.35 bits per heavy atom. The summed E-state index contributed by atoms with van der Waals surface area (Å²) in [6, 6.07) is 17.3. The zero-order valence-electron chi connectivity index (χ0n) is 20.7. The predicted molar refractivity (Wildman–Crippen MR) is 148 cm³/mol. The second-order valence-electron chi connectivity index (χ2n) is 9.35. The smallest absolute Gasteiger partial charge is 0.328 e. The van der Waals surface area contributed by atoms with Gasteiger partial charge in [0.1, 0.15) is 11.3 Å². The number of H-pyrrole nitrogens is 1. The van der Waals surface area contributed by atoms with E-state index in [0.29, 0.717) is 23.5 Å². The number of fused-ring (bicyclic) bond motifs is 3. The molecule has 1 aliphatic heterocycles. The fraction of sp³-hybridized carbons (Fsp3) is 0.214. The average Bonchev–Trinajstić information content (AvgIpc) is 3.20. The Bertz CT molecular complexity index is 1680. The van der Waals surface area contributed by atoms with E-state index >= 15 is 0 Å². The van der Waals surface area contributed by atoms with Gasteiger partial charge in [-0.25, -0.2) is 14.8 Å². The fourth-order valence-electron chi connectivity index (χ4n) is 4.88. The summed E-state index contributed by atoms with van der Waals surface area (Å²) < 4.78 is 1.62. The summed E-state index contributed by atoms with van der Waals surface area (Å²) in [5.74, 6) is 0.822. The molecule has 9 heteroatoms. The lowest BCUT2D eigenvalue weighted by molar-refractivity contribution is 0.773. The number of nitrogens with zero attached hydrogens (tertiary/aromatic N) is 5. The molecule has 1 aliphatic rings. The van der Waals surface area contributed by atoms with Crippen LogP contribution >= 0.6 is 11.8 Å². The Morgan fingerprint density at radius 2 is 1.59 bits per heavy atom. The monoisotopic (exact) mass is 509 g/mol. The highest BCUT2D eigenvalue weighted by molar-refractivity contribution is 7.99. The molecule has 0 radical (unpaired) electrons. The second-order valence-corrected chi connectivity index (χ2v) is 10.4. The molecule has 6 rings (SSSR count). The Kier molecular flexibility index (Phi) is 5.92. The molecule has 0 saturated heterocycles. The molecule has 2 aromatic carbocycles. The summed E-state index contributed by atoms with van der Waals surface area (Å²) in [4.78, 5) is 32.9. The van der Waals surface area contributed by atoms with Crippen LogP contribution in [0.15, 0.2) is 75.5 Å². The average molecular weight is 510 g/mol. The van der Waals surface area contributed by atoms with Crippen LogP contribution in [0.25, 0.3) is 11.2 Å². The number of aromatic nitrogens is 5. The topological polar surface area (TPSA) is 106 Å². The standard InChI is InChI=1S/C28H27N7OS/c1-17-31-26(29)25-27(32-17)35(28(36)33-25)16-20-7-9-22-24(15-20)37-23-14-19(6-8-21(23)34(22)2)5-3-4-18-10-12-30-13-11-18/h6-15H,3-5,16H2,1-2H3,(H,33,36)(H2,29,31,32). The number of imidazole rings is 1. The maximum absolute atomic E-state index is 12.7. The van der Waals surface area contributed by atoms with Gasteiger partial charge in [-0.2, -0.15) is 0 Å². The third-order valence-corrected chi connectivity index (χ3v) is 7.87. The van der Waals surface area contributed by atoms with Crippen molar-refractivity contribution in [2.75, 3.05) is 17.7 Å². The molecule has 4 heterocycles. The van der Waals surface area contributed by atoms with Crippen LogP contribution in [0.3, 0.4) is 0 Å². The highest BCUT2D eigenvalue weighted by Gasteiger charge is 2.22. The zero-order chi connectivity index (χ0) is 25.5. The first kappa shape index (κ1) is 23.3. The van der Waals surface area contributed by atoms with Gasteiger partial charge in [0.15, 0.2) is 11.5 Å². The van der Waals surface area contributed by atoms with E-state index in [4.69, 9.17) is 5.73 Å². The molecular formula is C28H27N7OS. The molecule has 0 atom stereocenters. The van der Waals surface area contributed by atoms with Gasteiger partial charge in [-0.3, -0.25) is 9.55 Å². The van der Waals surface area contributed by atoms with Crippen molar-refractivity contribution in [2.24, 2.45) is 0 Å². The van der Waals surface area contributed by atoms with Crippen LogP contribution in [0.5, 0.6) is 0 Å². The Hall–Kier alpha value is -4.11. The lowest BCUT2D eigenvalue weighted by Crippen LogP contribution is -2.18. The summed E-state index contributed by atoms with van der Waals surface area (Å²) in [6.07, 6.45) is 6.87. The Labute approximate surface area is 218 Å². The van der Waals surface area contributed by atoms with Crippen molar-refractivity contribution in [3.05, 3.63) is 93.9 Å². The van der Waals surface area contributed by atoms with Gasteiger partial charge in [-0.1, -0.05) is 23.9 Å². The van der Waals surface area contributed by atoms with E-state index < -0.39 is 0 Å². The zero-order valence-corrected chi connectivity index (χ0v) is 21.5. The minimum atomic E-state index is -0.245. The van der Waals surface area contributed by atoms with Crippen molar-refractivity contribution in [1.82, 2.24) is 24.5 Å². The van der Waals surface area contributed by atoms with Gasteiger partial charge >= 0.3 is 5.69 Å². The highest BCUT2D eigenvalue weighted by atomic mass is 32.2. The van der Waals surface area contributed by atoms with Crippen molar-refractivity contribution in [3.63, 3.8) is 0 Å². The molecule has 0 fully saturated rings. The van der Waals surface area contributed by atoms with Gasteiger partial charge < -0.3 is 15.6 Å². The van der Waals surface area contributed by atoms with Crippen LogP contribution in [-0.4, -0.2) is 31.6 Å². The summed E-state index contributed by atoms with van der Waals surface area (Å²) in [5.41, 5.74) is 12.8. The maximum Gasteiger partial charge on any atom is 0.328 e. The van der Waals surface area contributed by atoms with E-state index in [1.807, 2.05) is 12.4 Å². The maximum atomic E-state index is 12.7. The Balaban J connectivity index is 1.24. The molecule has 8 nitrogen and oxygen atoms in total. The van der Waals surface area contributed by atoms with Gasteiger partial charge in [0.25, 0.3) is 0 Å². The lowest BCUT2D eigenvalue weighted by atomic mass is 10.0. The van der Waals surface area contributed by atoms with E-state index in [-0.39, 0.29) is 11.5 Å². The van der Waals surface area contributed by atoms with Crippen LogP contribution in [0.1, 0.15) is 28.9 Å². The van der Waals surface area contributed by atoms with Gasteiger partial charge in [0, 0.05) is 29.2 Å². The molecule has 3 aromatic heterocycles. The van der Waals surface area contributed by atoms with Crippen molar-refractivity contribution in [3.8, 4) is 0 Å². The molecular weight excluding hydrogens is 482 g/mol. The fourth-order valence-corrected chi connectivity index (χ4v) is 6.15. The molecule has 0 aliphatic carbocycles. The van der Waals surface area contributed by atoms with Gasteiger partial charge in [0.2, 0.25) is 0 Å². The summed E-state index contributed by atoms with van der Waals surface area (Å²) in [5, 5.41) is 0. The van der Waals surface area contributed by atoms with Crippen LogP contribution in [-0.2, 0) is 19.4 Å². The number of aryl methyl sites for hydroxylation is 3. The van der Waals surface area contributed by atoms with E-state index in [0.717, 1.165) is 30.5 Å². The third kappa shape index (κ3) is 4.46. The number of nitrogen functional groups attached to an aromatic ring is 1. The number of benzene rings is 2. The van der Waals surface area contributed by atoms with Gasteiger partial charge in [-0.15, -0.1) is 0 Å². The molecule has 5 aromatic rings.